The first-order chi connectivity index (χ1) is 26.5. The molecule has 0 saturated carbocycles. The lowest BCUT2D eigenvalue weighted by Crippen LogP contribution is -3.10. The number of anilines is 3. The maximum absolute atomic E-state index is 13.9. The average Bonchev–Trinajstić information content (AvgIpc) is 3.73. The second-order valence-electron chi connectivity index (χ2n) is 15.9. The van der Waals surface area contributed by atoms with Gasteiger partial charge in [-0.15, -0.1) is 0 Å². The van der Waals surface area contributed by atoms with Gasteiger partial charge in [0.2, 0.25) is 0 Å². The van der Waals surface area contributed by atoms with E-state index in [-0.39, 0.29) is 6.04 Å². The van der Waals surface area contributed by atoms with Gasteiger partial charge in [0.25, 0.3) is 0 Å². The summed E-state index contributed by atoms with van der Waals surface area (Å²) in [6.07, 6.45) is 1.14. The molecule has 0 spiro atoms. The third-order valence-corrected chi connectivity index (χ3v) is 11.9. The molecule has 1 aliphatic carbocycles. The average molecular weight is 769 g/mol. The number of likely N-dealkylation sites (N-methyl/N-ethyl adjacent to an activating group) is 2. The van der Waals surface area contributed by atoms with E-state index in [9.17, 15) is 26.3 Å². The van der Waals surface area contributed by atoms with Gasteiger partial charge in [-0.05, 0) is 130 Å². The van der Waals surface area contributed by atoms with Gasteiger partial charge in [0.05, 0.1) is 28.8 Å². The zero-order chi connectivity index (χ0) is 40.2. The summed E-state index contributed by atoms with van der Waals surface area (Å²) in [6.45, 7) is 13.4. The van der Waals surface area contributed by atoms with Gasteiger partial charge < -0.3 is 9.80 Å². The van der Waals surface area contributed by atoms with E-state index in [0.717, 1.165) is 69.1 Å². The molecule has 56 heavy (non-hydrogen) atoms. The number of nitrogens with zero attached hydrogens (tertiary/aromatic N) is 2. The lowest BCUT2D eigenvalue weighted by molar-refractivity contribution is -0.848. The molecule has 2 aliphatic heterocycles. The molecule has 7 rings (SSSR count). The zero-order valence-corrected chi connectivity index (χ0v) is 32.6. The lowest BCUT2D eigenvalue weighted by Gasteiger charge is -2.29. The molecule has 0 amide bonds. The molecule has 2 heterocycles. The van der Waals surface area contributed by atoms with Crippen LogP contribution in [0.3, 0.4) is 0 Å². The Kier molecular flexibility index (Phi) is 10.1. The third kappa shape index (κ3) is 6.88. The SMILES string of the molecule is CCN1/C(=C/C=C2\CCC(/C=C/C3[NH+](CC)c4ccc(C(F)(F)F)cc4C3(C)C)=C2N(c2ccccc2)c2ccccc2)C(C)(C)c2cc(C(F)(F)F)ccc21. The van der Waals surface area contributed by atoms with Gasteiger partial charge >= 0.3 is 12.4 Å². The summed E-state index contributed by atoms with van der Waals surface area (Å²) < 4.78 is 83.1. The fourth-order valence-corrected chi connectivity index (χ4v) is 9.04. The van der Waals surface area contributed by atoms with E-state index in [2.05, 4.69) is 65.3 Å². The minimum Gasteiger partial charge on any atom is -0.344 e. The lowest BCUT2D eigenvalue weighted by atomic mass is 9.79. The Morgan fingerprint density at radius 3 is 1.86 bits per heavy atom. The summed E-state index contributed by atoms with van der Waals surface area (Å²) in [4.78, 5) is 5.48. The van der Waals surface area contributed by atoms with Gasteiger partial charge in [-0.3, -0.25) is 4.90 Å². The second kappa shape index (κ2) is 14.5. The normalized spacial score (nSPS) is 21.8. The van der Waals surface area contributed by atoms with Crippen LogP contribution in [-0.4, -0.2) is 19.1 Å². The Labute approximate surface area is 325 Å². The molecule has 0 bridgehead atoms. The maximum Gasteiger partial charge on any atom is 0.416 e. The van der Waals surface area contributed by atoms with Crippen LogP contribution in [0.2, 0.25) is 0 Å². The smallest absolute Gasteiger partial charge is 0.344 e. The van der Waals surface area contributed by atoms with Crippen LogP contribution in [0.1, 0.15) is 76.6 Å². The summed E-state index contributed by atoms with van der Waals surface area (Å²) in [7, 11) is 0. The Morgan fingerprint density at radius 2 is 1.30 bits per heavy atom. The zero-order valence-electron chi connectivity index (χ0n) is 32.6. The van der Waals surface area contributed by atoms with Crippen LogP contribution in [0.25, 0.3) is 0 Å². The van der Waals surface area contributed by atoms with Gasteiger partial charge in [0, 0.05) is 40.3 Å². The number of quaternary nitrogens is 1. The molecule has 9 heteroatoms. The van der Waals surface area contributed by atoms with E-state index in [0.29, 0.717) is 24.2 Å². The highest BCUT2D eigenvalue weighted by Crippen LogP contribution is 2.50. The predicted octanol–water partition coefficient (Wildman–Crippen LogP) is 12.0. The topological polar surface area (TPSA) is 10.9 Å². The van der Waals surface area contributed by atoms with E-state index in [4.69, 9.17) is 0 Å². The molecule has 0 aromatic heterocycles. The number of benzene rings is 4. The minimum absolute atomic E-state index is 0.116. The summed E-state index contributed by atoms with van der Waals surface area (Å²) in [6, 6.07) is 28.3. The van der Waals surface area contributed by atoms with Crippen molar-refractivity contribution in [2.75, 3.05) is 22.9 Å². The Hall–Kier alpha value is -5.02. The molecule has 2 atom stereocenters. The highest BCUT2D eigenvalue weighted by molar-refractivity contribution is 5.75. The number of alkyl halides is 6. The van der Waals surface area contributed by atoms with E-state index in [1.165, 1.54) is 18.2 Å². The van der Waals surface area contributed by atoms with Crippen molar-refractivity contribution in [3.05, 3.63) is 166 Å². The molecule has 0 saturated heterocycles. The number of nitrogens with one attached hydrogen (secondary N) is 1. The van der Waals surface area contributed by atoms with Crippen molar-refractivity contribution in [3.8, 4) is 0 Å². The van der Waals surface area contributed by atoms with E-state index in [1.54, 1.807) is 12.1 Å². The van der Waals surface area contributed by atoms with E-state index in [1.807, 2.05) is 71.0 Å². The fourth-order valence-electron chi connectivity index (χ4n) is 9.04. The summed E-state index contributed by atoms with van der Waals surface area (Å²) >= 11 is 0. The Bertz CT molecular complexity index is 2190. The number of allylic oxidation sites excluding steroid dienone is 6. The van der Waals surface area contributed by atoms with Crippen molar-refractivity contribution in [2.24, 2.45) is 0 Å². The van der Waals surface area contributed by atoms with E-state index < -0.39 is 34.3 Å². The summed E-state index contributed by atoms with van der Waals surface area (Å²) in [5.41, 5.74) is 6.52. The number of fused-ring (bicyclic) bond motifs is 2. The number of hydrogen-bond donors (Lipinski definition) is 1. The van der Waals surface area contributed by atoms with Crippen LogP contribution in [0.4, 0.5) is 49.1 Å². The van der Waals surface area contributed by atoms with Crippen molar-refractivity contribution in [2.45, 2.75) is 83.6 Å². The molecule has 292 valence electrons. The quantitative estimate of drug-likeness (QED) is 0.179. The molecular weight excluding hydrogens is 721 g/mol. The van der Waals surface area contributed by atoms with Crippen molar-refractivity contribution in [1.82, 2.24) is 0 Å². The fraction of sp³-hybridized carbons (Fsp3) is 0.319. The molecule has 0 radical (unpaired) electrons. The van der Waals surface area contributed by atoms with Gasteiger partial charge in [-0.2, -0.15) is 26.3 Å². The summed E-state index contributed by atoms with van der Waals surface area (Å²) in [5, 5.41) is 0. The van der Waals surface area contributed by atoms with Crippen LogP contribution in [0.5, 0.6) is 0 Å². The van der Waals surface area contributed by atoms with Crippen LogP contribution < -0.4 is 14.7 Å². The first kappa shape index (κ1) is 39.2. The van der Waals surface area contributed by atoms with Crippen LogP contribution >= 0.6 is 0 Å². The molecule has 2 unspecified atom stereocenters. The molecule has 3 nitrogen and oxygen atoms in total. The van der Waals surface area contributed by atoms with E-state index >= 15 is 0 Å². The van der Waals surface area contributed by atoms with Crippen LogP contribution in [0, 0.1) is 0 Å². The number of halogens is 6. The Morgan fingerprint density at radius 1 is 0.732 bits per heavy atom. The maximum atomic E-state index is 13.9. The summed E-state index contributed by atoms with van der Waals surface area (Å²) in [5.74, 6) is 0. The number of rotatable bonds is 8. The van der Waals surface area contributed by atoms with Crippen molar-refractivity contribution >= 4 is 22.7 Å². The molecule has 0 fully saturated rings. The number of para-hydroxylation sites is 2. The molecule has 4 aromatic carbocycles. The van der Waals surface area contributed by atoms with Gasteiger partial charge in [-0.25, -0.2) is 0 Å². The minimum atomic E-state index is -4.44. The number of hydrogen-bond acceptors (Lipinski definition) is 2. The monoisotopic (exact) mass is 768 g/mol. The van der Waals surface area contributed by atoms with Gasteiger partial charge in [0.15, 0.2) is 0 Å². The highest BCUT2D eigenvalue weighted by Gasteiger charge is 2.49. The van der Waals surface area contributed by atoms with Gasteiger partial charge in [-0.1, -0.05) is 62.4 Å². The van der Waals surface area contributed by atoms with Crippen molar-refractivity contribution in [1.29, 1.82) is 0 Å². The molecular formula is C47H48F6N3+. The van der Waals surface area contributed by atoms with Gasteiger partial charge in [0.1, 0.15) is 11.7 Å². The van der Waals surface area contributed by atoms with Crippen molar-refractivity contribution < 1.29 is 31.2 Å². The first-order valence-corrected chi connectivity index (χ1v) is 19.3. The Balaban J connectivity index is 1.36. The van der Waals surface area contributed by atoms with Crippen molar-refractivity contribution in [3.63, 3.8) is 0 Å². The molecule has 1 N–H and O–H groups in total. The second-order valence-corrected chi connectivity index (χ2v) is 15.9. The molecule has 3 aliphatic rings. The largest absolute Gasteiger partial charge is 0.416 e. The predicted molar refractivity (Wildman–Crippen MR) is 214 cm³/mol. The van der Waals surface area contributed by atoms with Crippen LogP contribution in [-0.2, 0) is 23.2 Å². The first-order valence-electron chi connectivity index (χ1n) is 19.3. The molecule has 4 aromatic rings. The third-order valence-electron chi connectivity index (χ3n) is 11.9. The van der Waals surface area contributed by atoms with Crippen LogP contribution in [0.15, 0.2) is 144 Å². The standard InChI is InChI=1S/C47H47F6N3/c1-7-54-39-25-23-33(46(48,49)50)29-37(39)44(3,4)41(54)27-21-31-19-20-32(43(31)56(35-15-11-9-12-16-35)36-17-13-10-14-18-36)22-28-42-45(5,6)38-30-34(47(51,52)53)24-26-40(38)55(42)8-2/h9-18,21-30,41H,7-8,19-20H2,1-6H3/p+1/b27-21+,32-22+,42-28+. The highest BCUT2D eigenvalue weighted by atomic mass is 19.4.